The van der Waals surface area contributed by atoms with Gasteiger partial charge >= 0.3 is 0 Å². The molecule has 2 aromatic carbocycles. The van der Waals surface area contributed by atoms with E-state index in [4.69, 9.17) is 9.72 Å². The van der Waals surface area contributed by atoms with Crippen LogP contribution >= 0.6 is 0 Å². The first kappa shape index (κ1) is 22.5. The topological polar surface area (TPSA) is 51.2 Å². The summed E-state index contributed by atoms with van der Waals surface area (Å²) in [6.07, 6.45) is 10.8. The molecule has 0 saturated carbocycles. The molecule has 0 radical (unpaired) electrons. The second kappa shape index (κ2) is 10.8. The Balaban J connectivity index is 1.36. The van der Waals surface area contributed by atoms with E-state index in [2.05, 4.69) is 29.6 Å². The molecule has 3 aromatic rings. The van der Waals surface area contributed by atoms with Crippen molar-refractivity contribution in [3.63, 3.8) is 0 Å². The zero-order valence-corrected chi connectivity index (χ0v) is 19.6. The third kappa shape index (κ3) is 5.45. The SMILES string of the molecule is O=C1/C=C(/Oc2cccc(-c3ccc(C4CCCCNCC4)nc3)c2)c2ccccc2CCC1. The maximum absolute atomic E-state index is 12.4. The molecule has 2 heterocycles. The quantitative estimate of drug-likeness (QED) is 0.503. The van der Waals surface area contributed by atoms with Gasteiger partial charge in [0.25, 0.3) is 0 Å². The van der Waals surface area contributed by atoms with Crippen LogP contribution < -0.4 is 10.1 Å². The molecule has 1 saturated heterocycles. The van der Waals surface area contributed by atoms with E-state index in [-0.39, 0.29) is 5.78 Å². The summed E-state index contributed by atoms with van der Waals surface area (Å²) < 4.78 is 6.31. The lowest BCUT2D eigenvalue weighted by molar-refractivity contribution is -0.114. The summed E-state index contributed by atoms with van der Waals surface area (Å²) in [6, 6.07) is 20.6. The molecule has 1 unspecified atom stereocenters. The first-order valence-corrected chi connectivity index (χ1v) is 12.5. The lowest BCUT2D eigenvalue weighted by Crippen LogP contribution is -2.22. The van der Waals surface area contributed by atoms with E-state index < -0.39 is 0 Å². The molecule has 1 fully saturated rings. The van der Waals surface area contributed by atoms with E-state index in [0.29, 0.717) is 18.1 Å². The van der Waals surface area contributed by atoms with Gasteiger partial charge in [-0.3, -0.25) is 9.78 Å². The second-order valence-corrected chi connectivity index (χ2v) is 9.32. The molecular weight excluding hydrogens is 420 g/mol. The zero-order chi connectivity index (χ0) is 23.2. The number of aryl methyl sites for hydroxylation is 1. The van der Waals surface area contributed by atoms with Gasteiger partial charge in [-0.2, -0.15) is 0 Å². The highest BCUT2D eigenvalue weighted by Gasteiger charge is 2.17. The van der Waals surface area contributed by atoms with Crippen LogP contribution in [0.2, 0.25) is 0 Å². The number of aromatic nitrogens is 1. The van der Waals surface area contributed by atoms with Crippen molar-refractivity contribution in [3.05, 3.63) is 89.8 Å². The lowest BCUT2D eigenvalue weighted by Gasteiger charge is -2.20. The Kier molecular flexibility index (Phi) is 7.16. The third-order valence-electron chi connectivity index (χ3n) is 6.87. The van der Waals surface area contributed by atoms with Crippen molar-refractivity contribution in [1.29, 1.82) is 0 Å². The van der Waals surface area contributed by atoms with Crippen LogP contribution in [-0.2, 0) is 11.2 Å². The van der Waals surface area contributed by atoms with Crippen molar-refractivity contribution < 1.29 is 9.53 Å². The lowest BCUT2D eigenvalue weighted by atomic mass is 9.92. The number of rotatable bonds is 4. The smallest absolute Gasteiger partial charge is 0.159 e. The zero-order valence-electron chi connectivity index (χ0n) is 19.6. The fourth-order valence-electron chi connectivity index (χ4n) is 4.98. The number of benzene rings is 2. The molecule has 0 bridgehead atoms. The monoisotopic (exact) mass is 452 g/mol. The van der Waals surface area contributed by atoms with Crippen LogP contribution in [0.15, 0.2) is 72.9 Å². The van der Waals surface area contributed by atoms with Gasteiger partial charge in [-0.15, -0.1) is 0 Å². The number of nitrogens with one attached hydrogen (secondary N) is 1. The van der Waals surface area contributed by atoms with Gasteiger partial charge in [0.2, 0.25) is 0 Å². The highest BCUT2D eigenvalue weighted by atomic mass is 16.5. The molecule has 34 heavy (non-hydrogen) atoms. The van der Waals surface area contributed by atoms with Crippen molar-refractivity contribution >= 4 is 11.5 Å². The summed E-state index contributed by atoms with van der Waals surface area (Å²) in [7, 11) is 0. The molecular formula is C30H32N2O2. The average molecular weight is 453 g/mol. The van der Waals surface area contributed by atoms with Crippen LogP contribution in [0, 0.1) is 0 Å². The summed E-state index contributed by atoms with van der Waals surface area (Å²) in [4.78, 5) is 17.2. The van der Waals surface area contributed by atoms with Crippen LogP contribution in [0.4, 0.5) is 0 Å². The fraction of sp³-hybridized carbons (Fsp3) is 0.333. The first-order valence-electron chi connectivity index (χ1n) is 12.5. The molecule has 4 nitrogen and oxygen atoms in total. The maximum atomic E-state index is 12.4. The number of allylic oxidation sites excluding steroid dienone is 1. The molecule has 1 aromatic heterocycles. The third-order valence-corrected chi connectivity index (χ3v) is 6.87. The van der Waals surface area contributed by atoms with Crippen molar-refractivity contribution in [3.8, 4) is 16.9 Å². The van der Waals surface area contributed by atoms with Gasteiger partial charge in [-0.25, -0.2) is 0 Å². The van der Waals surface area contributed by atoms with Crippen LogP contribution in [0.1, 0.15) is 61.3 Å². The number of pyridine rings is 1. The van der Waals surface area contributed by atoms with Gasteiger partial charge in [0.1, 0.15) is 11.5 Å². The summed E-state index contributed by atoms with van der Waals surface area (Å²) in [6.45, 7) is 2.20. The highest BCUT2D eigenvalue weighted by Crippen LogP contribution is 2.31. The Morgan fingerprint density at radius 2 is 1.79 bits per heavy atom. The number of ketones is 1. The largest absolute Gasteiger partial charge is 0.457 e. The second-order valence-electron chi connectivity index (χ2n) is 9.32. The number of hydrogen-bond acceptors (Lipinski definition) is 4. The predicted octanol–water partition coefficient (Wildman–Crippen LogP) is 6.32. The number of nitrogens with zero attached hydrogens (tertiary/aromatic N) is 1. The first-order chi connectivity index (χ1) is 16.8. The highest BCUT2D eigenvalue weighted by molar-refractivity contribution is 5.96. The minimum atomic E-state index is 0.116. The Morgan fingerprint density at radius 1 is 0.853 bits per heavy atom. The standard InChI is InChI=1S/C30H32N2O2/c33-26-11-5-9-22-7-1-2-13-28(22)30(20-26)34-27-12-6-10-24(19-27)25-14-15-29(32-21-25)23-8-3-4-17-31-18-16-23/h1-2,6-7,10,12-15,19-21,23,31H,3-5,8-9,11,16-18H2/b30-20+. The van der Waals surface area contributed by atoms with Crippen LogP contribution in [0.3, 0.4) is 0 Å². The molecule has 0 spiro atoms. The Labute approximate surface area is 202 Å². The molecule has 1 atom stereocenters. The van der Waals surface area contributed by atoms with Gasteiger partial charge in [-0.05, 0) is 74.5 Å². The van der Waals surface area contributed by atoms with Crippen molar-refractivity contribution in [1.82, 2.24) is 10.3 Å². The van der Waals surface area contributed by atoms with E-state index in [1.807, 2.05) is 42.6 Å². The van der Waals surface area contributed by atoms with E-state index in [1.54, 1.807) is 6.08 Å². The van der Waals surface area contributed by atoms with Crippen LogP contribution in [0.25, 0.3) is 16.9 Å². The van der Waals surface area contributed by atoms with Crippen molar-refractivity contribution in [2.45, 2.75) is 50.9 Å². The summed E-state index contributed by atoms with van der Waals surface area (Å²) in [5, 5.41) is 3.51. The molecule has 2 aliphatic rings. The summed E-state index contributed by atoms with van der Waals surface area (Å²) in [5.74, 6) is 2.00. The Morgan fingerprint density at radius 3 is 2.71 bits per heavy atom. The molecule has 0 amide bonds. The molecule has 4 heteroatoms. The van der Waals surface area contributed by atoms with Crippen molar-refractivity contribution in [2.24, 2.45) is 0 Å². The number of carbonyl (C=O) groups is 1. The van der Waals surface area contributed by atoms with Crippen LogP contribution in [0.5, 0.6) is 5.75 Å². The number of ether oxygens (including phenoxy) is 1. The minimum Gasteiger partial charge on any atom is -0.457 e. The number of fused-ring (bicyclic) bond motifs is 1. The number of hydrogen-bond donors (Lipinski definition) is 1. The molecule has 174 valence electrons. The predicted molar refractivity (Wildman–Crippen MR) is 137 cm³/mol. The molecule has 5 rings (SSSR count). The number of carbonyl (C=O) groups excluding carboxylic acids is 1. The van der Waals surface area contributed by atoms with E-state index in [9.17, 15) is 4.79 Å². The van der Waals surface area contributed by atoms with Gasteiger partial charge < -0.3 is 10.1 Å². The summed E-state index contributed by atoms with van der Waals surface area (Å²) in [5.41, 5.74) is 5.54. The molecule has 1 aliphatic carbocycles. The van der Waals surface area contributed by atoms with E-state index in [1.165, 1.54) is 30.5 Å². The van der Waals surface area contributed by atoms with E-state index >= 15 is 0 Å². The molecule has 1 aliphatic heterocycles. The van der Waals surface area contributed by atoms with Crippen molar-refractivity contribution in [2.75, 3.05) is 13.1 Å². The molecule has 1 N–H and O–H groups in total. The van der Waals surface area contributed by atoms with Crippen LogP contribution in [-0.4, -0.2) is 23.9 Å². The minimum absolute atomic E-state index is 0.116. The van der Waals surface area contributed by atoms with Gasteiger partial charge in [-0.1, -0.05) is 48.9 Å². The maximum Gasteiger partial charge on any atom is 0.159 e. The Bertz CT molecular complexity index is 1160. The van der Waals surface area contributed by atoms with Gasteiger partial charge in [0.05, 0.1) is 0 Å². The summed E-state index contributed by atoms with van der Waals surface area (Å²) >= 11 is 0. The fourth-order valence-corrected chi connectivity index (χ4v) is 4.98. The normalized spacial score (nSPS) is 20.6. The van der Waals surface area contributed by atoms with Gasteiger partial charge in [0, 0.05) is 41.4 Å². The average Bonchev–Trinajstić information content (AvgIpc) is 2.83. The Hall–Kier alpha value is -3.24. The van der Waals surface area contributed by atoms with Gasteiger partial charge in [0.15, 0.2) is 5.78 Å². The van der Waals surface area contributed by atoms with E-state index in [0.717, 1.165) is 54.8 Å².